The van der Waals surface area contributed by atoms with Crippen LogP contribution in [0, 0.1) is 5.82 Å². The molecule has 2 aliphatic rings. The van der Waals surface area contributed by atoms with E-state index in [1.165, 1.54) is 29.8 Å². The minimum absolute atomic E-state index is 0.0660. The summed E-state index contributed by atoms with van der Waals surface area (Å²) >= 11 is 6.68. The molecule has 9 heteroatoms. The number of hydrogen-bond acceptors (Lipinski definition) is 7. The molecule has 2 heterocycles. The normalized spacial score (nSPS) is 15.8. The maximum atomic E-state index is 13.9. The van der Waals surface area contributed by atoms with E-state index in [0.717, 1.165) is 5.56 Å². The number of methoxy groups -OCH3 is 1. The molecule has 0 aliphatic carbocycles. The van der Waals surface area contributed by atoms with Gasteiger partial charge in [-0.1, -0.05) is 48.2 Å². The molecular weight excluding hydrogens is 477 g/mol. The number of carbonyl (C=O) groups is 1. The summed E-state index contributed by atoms with van der Waals surface area (Å²) < 4.78 is 36.3. The number of amides is 1. The fourth-order valence-corrected chi connectivity index (χ4v) is 4.83. The summed E-state index contributed by atoms with van der Waals surface area (Å²) in [6, 6.07) is 17.0. The van der Waals surface area contributed by atoms with Gasteiger partial charge in [-0.2, -0.15) is 0 Å². The maximum Gasteiger partial charge on any atom is 0.270 e. The number of nitrogens with zero attached hydrogens (tertiary/aromatic N) is 1. The number of benzene rings is 3. The third kappa shape index (κ3) is 4.32. The Kier molecular flexibility index (Phi) is 6.12. The van der Waals surface area contributed by atoms with Crippen molar-refractivity contribution in [3.63, 3.8) is 0 Å². The first-order chi connectivity index (χ1) is 16.5. The van der Waals surface area contributed by atoms with Gasteiger partial charge in [0.25, 0.3) is 5.91 Å². The minimum atomic E-state index is -0.331. The van der Waals surface area contributed by atoms with Crippen LogP contribution in [0.15, 0.2) is 65.6 Å². The van der Waals surface area contributed by atoms with Crippen LogP contribution in [0.3, 0.4) is 0 Å². The molecule has 0 atom stereocenters. The van der Waals surface area contributed by atoms with Crippen molar-refractivity contribution < 1.29 is 28.1 Å². The molecule has 6 nitrogen and oxygen atoms in total. The average Bonchev–Trinajstić information content (AvgIpc) is 3.42. The number of ether oxygens (including phenoxy) is 4. The van der Waals surface area contributed by atoms with Crippen molar-refractivity contribution in [1.29, 1.82) is 0 Å². The van der Waals surface area contributed by atoms with Crippen molar-refractivity contribution in [3.8, 4) is 23.0 Å². The number of halogens is 1. The quantitative estimate of drug-likeness (QED) is 0.328. The van der Waals surface area contributed by atoms with Crippen LogP contribution in [0.5, 0.6) is 23.0 Å². The second kappa shape index (κ2) is 9.36. The number of thiocarbonyl (C=S) groups is 1. The second-order valence-electron chi connectivity index (χ2n) is 7.35. The molecule has 5 rings (SSSR count). The van der Waals surface area contributed by atoms with Gasteiger partial charge in [-0.05, 0) is 42.0 Å². The first-order valence-corrected chi connectivity index (χ1v) is 11.5. The monoisotopic (exact) mass is 495 g/mol. The highest BCUT2D eigenvalue weighted by atomic mass is 32.2. The lowest BCUT2D eigenvalue weighted by atomic mass is 10.1. The average molecular weight is 496 g/mol. The molecule has 1 fully saturated rings. The van der Waals surface area contributed by atoms with E-state index in [-0.39, 0.29) is 25.1 Å². The second-order valence-corrected chi connectivity index (χ2v) is 9.02. The van der Waals surface area contributed by atoms with Crippen LogP contribution in [0.4, 0.5) is 10.1 Å². The maximum absolute atomic E-state index is 13.9. The van der Waals surface area contributed by atoms with Crippen molar-refractivity contribution in [2.75, 3.05) is 18.8 Å². The first kappa shape index (κ1) is 22.2. The van der Waals surface area contributed by atoms with E-state index in [9.17, 15) is 9.18 Å². The molecule has 34 heavy (non-hydrogen) atoms. The number of thioether (sulfide) groups is 1. The van der Waals surface area contributed by atoms with Gasteiger partial charge in [0.15, 0.2) is 27.3 Å². The lowest BCUT2D eigenvalue weighted by Gasteiger charge is -2.14. The van der Waals surface area contributed by atoms with Crippen molar-refractivity contribution >= 4 is 46.0 Å². The Morgan fingerprint density at radius 1 is 1.09 bits per heavy atom. The molecule has 172 valence electrons. The minimum Gasteiger partial charge on any atom is -0.493 e. The van der Waals surface area contributed by atoms with Gasteiger partial charge in [-0.3, -0.25) is 9.69 Å². The third-order valence-electron chi connectivity index (χ3n) is 5.23. The topological polar surface area (TPSA) is 57.2 Å². The van der Waals surface area contributed by atoms with Gasteiger partial charge in [0.2, 0.25) is 6.79 Å². The summed E-state index contributed by atoms with van der Waals surface area (Å²) in [5, 5.41) is 0. The summed E-state index contributed by atoms with van der Waals surface area (Å²) in [5.41, 5.74) is 1.80. The summed E-state index contributed by atoms with van der Waals surface area (Å²) in [5.74, 6) is 1.59. The molecule has 3 aromatic rings. The molecule has 1 amide bonds. The Balaban J connectivity index is 1.35. The highest BCUT2D eigenvalue weighted by Crippen LogP contribution is 2.41. The Morgan fingerprint density at radius 2 is 1.91 bits per heavy atom. The zero-order chi connectivity index (χ0) is 23.7. The molecule has 0 N–H and O–H groups in total. The zero-order valence-electron chi connectivity index (χ0n) is 17.9. The lowest BCUT2D eigenvalue weighted by molar-refractivity contribution is -0.113. The summed E-state index contributed by atoms with van der Waals surface area (Å²) in [7, 11) is 1.52. The fourth-order valence-electron chi connectivity index (χ4n) is 3.53. The Morgan fingerprint density at radius 3 is 2.74 bits per heavy atom. The number of fused-ring (bicyclic) bond motifs is 1. The van der Waals surface area contributed by atoms with Crippen molar-refractivity contribution in [1.82, 2.24) is 0 Å². The molecule has 0 bridgehead atoms. The van der Waals surface area contributed by atoms with E-state index in [2.05, 4.69) is 0 Å². The van der Waals surface area contributed by atoms with Crippen LogP contribution in [0.1, 0.15) is 11.1 Å². The van der Waals surface area contributed by atoms with Crippen molar-refractivity contribution in [2.45, 2.75) is 6.61 Å². The SMILES string of the molecule is COc1cc(/C=C2/SC(=S)N(c3ccc4c(c3)OCO4)C2=O)ccc1OCc1ccccc1F. The van der Waals surface area contributed by atoms with E-state index in [1.54, 1.807) is 60.7 Å². The predicted octanol–water partition coefficient (Wildman–Crippen LogP) is 5.55. The predicted molar refractivity (Wildman–Crippen MR) is 132 cm³/mol. The van der Waals surface area contributed by atoms with E-state index >= 15 is 0 Å². The highest BCUT2D eigenvalue weighted by molar-refractivity contribution is 8.27. The van der Waals surface area contributed by atoms with Gasteiger partial charge in [0.1, 0.15) is 12.4 Å². The van der Waals surface area contributed by atoms with E-state index in [0.29, 0.717) is 43.5 Å². The van der Waals surface area contributed by atoms with Crippen LogP contribution < -0.4 is 23.8 Å². The molecule has 3 aromatic carbocycles. The Labute approximate surface area is 204 Å². The number of rotatable bonds is 6. The molecule has 0 unspecified atom stereocenters. The summed E-state index contributed by atoms with van der Waals surface area (Å²) in [4.78, 5) is 15.1. The number of carbonyl (C=O) groups excluding carboxylic acids is 1. The first-order valence-electron chi connectivity index (χ1n) is 10.3. The Hall–Kier alpha value is -3.56. The summed E-state index contributed by atoms with van der Waals surface area (Å²) in [6.07, 6.45) is 1.75. The van der Waals surface area contributed by atoms with Gasteiger partial charge < -0.3 is 18.9 Å². The highest BCUT2D eigenvalue weighted by Gasteiger charge is 2.34. The van der Waals surface area contributed by atoms with Crippen LogP contribution in [-0.2, 0) is 11.4 Å². The van der Waals surface area contributed by atoms with Crippen LogP contribution >= 0.6 is 24.0 Å². The van der Waals surface area contributed by atoms with Crippen LogP contribution in [-0.4, -0.2) is 24.1 Å². The van der Waals surface area contributed by atoms with Crippen LogP contribution in [0.25, 0.3) is 6.08 Å². The van der Waals surface area contributed by atoms with E-state index in [4.69, 9.17) is 31.2 Å². The molecule has 1 saturated heterocycles. The number of hydrogen-bond donors (Lipinski definition) is 0. The van der Waals surface area contributed by atoms with Crippen molar-refractivity contribution in [2.24, 2.45) is 0 Å². The molecule has 0 radical (unpaired) electrons. The largest absolute Gasteiger partial charge is 0.493 e. The van der Waals surface area contributed by atoms with Crippen molar-refractivity contribution in [3.05, 3.63) is 82.5 Å². The van der Waals surface area contributed by atoms with Gasteiger partial charge in [-0.15, -0.1) is 0 Å². The van der Waals surface area contributed by atoms with E-state index < -0.39 is 0 Å². The molecule has 0 spiro atoms. The standard InChI is InChI=1S/C25H18FNO5S2/c1-29-21-10-15(6-8-19(21)30-13-16-4-2-3-5-18(16)26)11-23-24(28)27(25(33)34-23)17-7-9-20-22(12-17)32-14-31-20/h2-12H,13-14H2,1H3/b23-11+. The fraction of sp³-hybridized carbons (Fsp3) is 0.120. The van der Waals surface area contributed by atoms with Gasteiger partial charge >= 0.3 is 0 Å². The molecule has 0 saturated carbocycles. The van der Waals surface area contributed by atoms with Gasteiger partial charge in [0, 0.05) is 11.6 Å². The molecular formula is C25H18FNO5S2. The van der Waals surface area contributed by atoms with Crippen LogP contribution in [0.2, 0.25) is 0 Å². The number of anilines is 1. The third-order valence-corrected chi connectivity index (χ3v) is 6.54. The summed E-state index contributed by atoms with van der Waals surface area (Å²) in [6.45, 7) is 0.218. The van der Waals surface area contributed by atoms with E-state index in [1.807, 2.05) is 0 Å². The lowest BCUT2D eigenvalue weighted by Crippen LogP contribution is -2.27. The molecule has 2 aliphatic heterocycles. The van der Waals surface area contributed by atoms with Gasteiger partial charge in [-0.25, -0.2) is 4.39 Å². The zero-order valence-corrected chi connectivity index (χ0v) is 19.6. The smallest absolute Gasteiger partial charge is 0.270 e. The van der Waals surface area contributed by atoms with Gasteiger partial charge in [0.05, 0.1) is 17.7 Å². The molecule has 0 aromatic heterocycles. The Bertz CT molecular complexity index is 1330.